The Morgan fingerprint density at radius 1 is 1.56 bits per heavy atom. The first kappa shape index (κ1) is 12.4. The summed E-state index contributed by atoms with van der Waals surface area (Å²) in [5.74, 6) is -1.77. The molecule has 5 heteroatoms. The summed E-state index contributed by atoms with van der Waals surface area (Å²) < 4.78 is 9.24. The van der Waals surface area contributed by atoms with Crippen molar-refractivity contribution in [2.24, 2.45) is 5.92 Å². The van der Waals surface area contributed by atoms with Gasteiger partial charge in [-0.2, -0.15) is 0 Å². The standard InChI is InChI=1S/C11H14O5/c1-7(2)10(13)15-5-3-4-8-6-9(12)16-11(8)14/h8H,1,3-6H2,2H3. The Labute approximate surface area is 93.4 Å². The molecule has 1 saturated heterocycles. The van der Waals surface area contributed by atoms with E-state index in [0.29, 0.717) is 18.4 Å². The molecular weight excluding hydrogens is 212 g/mol. The van der Waals surface area contributed by atoms with Crippen molar-refractivity contribution in [2.75, 3.05) is 6.61 Å². The fourth-order valence-electron chi connectivity index (χ4n) is 1.36. The molecule has 0 spiro atoms. The van der Waals surface area contributed by atoms with Crippen LogP contribution in [0.2, 0.25) is 0 Å². The van der Waals surface area contributed by atoms with Gasteiger partial charge in [0.1, 0.15) is 0 Å². The van der Waals surface area contributed by atoms with E-state index >= 15 is 0 Å². The highest BCUT2D eigenvalue weighted by Crippen LogP contribution is 2.20. The molecule has 16 heavy (non-hydrogen) atoms. The van der Waals surface area contributed by atoms with Crippen molar-refractivity contribution in [2.45, 2.75) is 26.2 Å². The van der Waals surface area contributed by atoms with Gasteiger partial charge in [-0.15, -0.1) is 0 Å². The second-order valence-corrected chi connectivity index (χ2v) is 3.75. The zero-order valence-corrected chi connectivity index (χ0v) is 9.15. The van der Waals surface area contributed by atoms with Gasteiger partial charge in [0.2, 0.25) is 0 Å². The number of carbonyl (C=O) groups excluding carboxylic acids is 3. The Balaban J connectivity index is 2.17. The Hall–Kier alpha value is -1.65. The lowest BCUT2D eigenvalue weighted by Crippen LogP contribution is -2.11. The summed E-state index contributed by atoms with van der Waals surface area (Å²) >= 11 is 0. The van der Waals surface area contributed by atoms with E-state index in [-0.39, 0.29) is 18.9 Å². The van der Waals surface area contributed by atoms with E-state index in [4.69, 9.17) is 4.74 Å². The highest BCUT2D eigenvalue weighted by molar-refractivity contribution is 5.94. The van der Waals surface area contributed by atoms with Gasteiger partial charge in [-0.05, 0) is 19.8 Å². The molecule has 0 aliphatic carbocycles. The van der Waals surface area contributed by atoms with Crippen LogP contribution < -0.4 is 0 Å². The van der Waals surface area contributed by atoms with E-state index < -0.39 is 17.9 Å². The first-order valence-corrected chi connectivity index (χ1v) is 5.08. The number of carbonyl (C=O) groups is 3. The van der Waals surface area contributed by atoms with Crippen LogP contribution in [0.3, 0.4) is 0 Å². The van der Waals surface area contributed by atoms with Crippen LogP contribution in [-0.4, -0.2) is 24.5 Å². The maximum atomic E-state index is 11.1. The van der Waals surface area contributed by atoms with Gasteiger partial charge >= 0.3 is 17.9 Å². The minimum Gasteiger partial charge on any atom is -0.462 e. The van der Waals surface area contributed by atoms with Crippen LogP contribution in [0.5, 0.6) is 0 Å². The fourth-order valence-corrected chi connectivity index (χ4v) is 1.36. The zero-order chi connectivity index (χ0) is 12.1. The summed E-state index contributed by atoms with van der Waals surface area (Å²) in [6, 6.07) is 0. The molecule has 1 atom stereocenters. The van der Waals surface area contributed by atoms with Crippen LogP contribution in [0.1, 0.15) is 26.2 Å². The number of cyclic esters (lactones) is 2. The predicted molar refractivity (Wildman–Crippen MR) is 54.2 cm³/mol. The third kappa shape index (κ3) is 3.49. The van der Waals surface area contributed by atoms with Crippen LogP contribution in [0.4, 0.5) is 0 Å². The first-order chi connectivity index (χ1) is 7.50. The van der Waals surface area contributed by atoms with Gasteiger partial charge in [0, 0.05) is 5.57 Å². The molecule has 0 bridgehead atoms. The Kier molecular flexibility index (Phi) is 4.22. The number of esters is 3. The van der Waals surface area contributed by atoms with E-state index in [1.807, 2.05) is 0 Å². The van der Waals surface area contributed by atoms with Crippen LogP contribution in [-0.2, 0) is 23.9 Å². The lowest BCUT2D eigenvalue weighted by Gasteiger charge is -2.05. The second kappa shape index (κ2) is 5.44. The van der Waals surface area contributed by atoms with Gasteiger partial charge in [0.05, 0.1) is 18.9 Å². The topological polar surface area (TPSA) is 69.7 Å². The monoisotopic (exact) mass is 226 g/mol. The molecule has 1 fully saturated rings. The lowest BCUT2D eigenvalue weighted by molar-refractivity contribution is -0.153. The van der Waals surface area contributed by atoms with Crippen molar-refractivity contribution < 1.29 is 23.9 Å². The van der Waals surface area contributed by atoms with Gasteiger partial charge in [0.25, 0.3) is 0 Å². The number of hydrogen-bond donors (Lipinski definition) is 0. The molecule has 0 aromatic carbocycles. The maximum absolute atomic E-state index is 11.1. The molecular formula is C11H14O5. The van der Waals surface area contributed by atoms with E-state index in [1.54, 1.807) is 6.92 Å². The van der Waals surface area contributed by atoms with Crippen molar-refractivity contribution >= 4 is 17.9 Å². The molecule has 0 saturated carbocycles. The minimum absolute atomic E-state index is 0.132. The molecule has 1 unspecified atom stereocenters. The average molecular weight is 226 g/mol. The van der Waals surface area contributed by atoms with Crippen LogP contribution >= 0.6 is 0 Å². The van der Waals surface area contributed by atoms with E-state index in [0.717, 1.165) is 0 Å². The molecule has 5 nitrogen and oxygen atoms in total. The average Bonchev–Trinajstić information content (AvgIpc) is 2.51. The Morgan fingerprint density at radius 3 is 2.75 bits per heavy atom. The highest BCUT2D eigenvalue weighted by atomic mass is 16.6. The molecule has 1 aliphatic heterocycles. The molecule has 0 amide bonds. The SMILES string of the molecule is C=C(C)C(=O)OCCCC1CC(=O)OC1=O. The molecule has 0 aromatic heterocycles. The maximum Gasteiger partial charge on any atom is 0.333 e. The lowest BCUT2D eigenvalue weighted by atomic mass is 10.0. The second-order valence-electron chi connectivity index (χ2n) is 3.75. The van der Waals surface area contributed by atoms with Crippen LogP contribution in [0.15, 0.2) is 12.2 Å². The highest BCUT2D eigenvalue weighted by Gasteiger charge is 2.32. The predicted octanol–water partition coefficient (Wildman–Crippen LogP) is 0.976. The quantitative estimate of drug-likeness (QED) is 0.302. The van der Waals surface area contributed by atoms with Crippen molar-refractivity contribution in [3.63, 3.8) is 0 Å². The van der Waals surface area contributed by atoms with Crippen molar-refractivity contribution in [1.82, 2.24) is 0 Å². The fraction of sp³-hybridized carbons (Fsp3) is 0.545. The Morgan fingerprint density at radius 2 is 2.25 bits per heavy atom. The van der Waals surface area contributed by atoms with Gasteiger partial charge in [-0.3, -0.25) is 9.59 Å². The molecule has 0 radical (unpaired) electrons. The zero-order valence-electron chi connectivity index (χ0n) is 9.15. The summed E-state index contributed by atoms with van der Waals surface area (Å²) in [6.07, 6.45) is 1.16. The molecule has 0 N–H and O–H groups in total. The van der Waals surface area contributed by atoms with Crippen LogP contribution in [0, 0.1) is 5.92 Å². The largest absolute Gasteiger partial charge is 0.462 e. The smallest absolute Gasteiger partial charge is 0.333 e. The molecule has 1 rings (SSSR count). The van der Waals surface area contributed by atoms with Crippen molar-refractivity contribution in [3.8, 4) is 0 Å². The summed E-state index contributed by atoms with van der Waals surface area (Å²) in [6.45, 7) is 5.23. The van der Waals surface area contributed by atoms with Gasteiger partial charge in [0.15, 0.2) is 0 Å². The number of ether oxygens (including phenoxy) is 2. The third-order valence-electron chi connectivity index (χ3n) is 2.24. The summed E-state index contributed by atoms with van der Waals surface area (Å²) in [7, 11) is 0. The van der Waals surface area contributed by atoms with Gasteiger partial charge in [-0.25, -0.2) is 4.79 Å². The molecule has 0 aromatic rings. The van der Waals surface area contributed by atoms with E-state index in [1.165, 1.54) is 0 Å². The number of hydrogen-bond acceptors (Lipinski definition) is 5. The van der Waals surface area contributed by atoms with E-state index in [2.05, 4.69) is 11.3 Å². The van der Waals surface area contributed by atoms with Gasteiger partial charge in [-0.1, -0.05) is 6.58 Å². The van der Waals surface area contributed by atoms with Crippen molar-refractivity contribution in [3.05, 3.63) is 12.2 Å². The summed E-state index contributed by atoms with van der Waals surface area (Å²) in [5.41, 5.74) is 0.343. The molecule has 1 aliphatic rings. The first-order valence-electron chi connectivity index (χ1n) is 5.08. The summed E-state index contributed by atoms with van der Waals surface area (Å²) in [4.78, 5) is 32.8. The molecule has 88 valence electrons. The number of rotatable bonds is 5. The minimum atomic E-state index is -0.478. The third-order valence-corrected chi connectivity index (χ3v) is 2.24. The Bertz CT molecular complexity index is 331. The molecule has 1 heterocycles. The van der Waals surface area contributed by atoms with E-state index in [9.17, 15) is 14.4 Å². The normalized spacial score (nSPS) is 19.4. The van der Waals surface area contributed by atoms with Crippen LogP contribution in [0.25, 0.3) is 0 Å². The van der Waals surface area contributed by atoms with Crippen molar-refractivity contribution in [1.29, 1.82) is 0 Å². The van der Waals surface area contributed by atoms with Gasteiger partial charge < -0.3 is 9.47 Å². The summed E-state index contributed by atoms with van der Waals surface area (Å²) in [5, 5.41) is 0.